The maximum Gasteiger partial charge on any atom is 0.333 e. The van der Waals surface area contributed by atoms with Gasteiger partial charge in [0.2, 0.25) is 0 Å². The van der Waals surface area contributed by atoms with Crippen molar-refractivity contribution < 1.29 is 28.5 Å². The van der Waals surface area contributed by atoms with Crippen molar-refractivity contribution in [3.8, 4) is 0 Å². The number of carbonyl (C=O) groups is 2. The molecule has 0 N–H and O–H groups in total. The third-order valence-electron chi connectivity index (χ3n) is 2.94. The van der Waals surface area contributed by atoms with Crippen molar-refractivity contribution >= 4 is 11.9 Å². The summed E-state index contributed by atoms with van der Waals surface area (Å²) >= 11 is 0. The Hall–Kier alpha value is -2.44. The van der Waals surface area contributed by atoms with Crippen LogP contribution in [0.5, 0.6) is 0 Å². The molecule has 0 fully saturated rings. The molecule has 0 aliphatic heterocycles. The van der Waals surface area contributed by atoms with Gasteiger partial charge in [-0.1, -0.05) is 43.5 Å². The van der Waals surface area contributed by atoms with Gasteiger partial charge in [-0.05, 0) is 13.8 Å². The molecular formula is C19H24O6. The van der Waals surface area contributed by atoms with Crippen LogP contribution in [0.3, 0.4) is 0 Å². The molecule has 1 aromatic rings. The molecule has 1 rings (SSSR count). The fraction of sp³-hybridized carbons (Fsp3) is 0.368. The van der Waals surface area contributed by atoms with E-state index in [1.807, 2.05) is 30.3 Å². The number of hydrogen-bond acceptors (Lipinski definition) is 6. The summed E-state index contributed by atoms with van der Waals surface area (Å²) in [6.45, 7) is 10.6. The number of esters is 2. The lowest BCUT2D eigenvalue weighted by Gasteiger charge is -2.19. The molecule has 0 spiro atoms. The van der Waals surface area contributed by atoms with Gasteiger partial charge in [-0.3, -0.25) is 0 Å². The van der Waals surface area contributed by atoms with Crippen molar-refractivity contribution in [2.24, 2.45) is 0 Å². The Morgan fingerprint density at radius 1 is 0.840 bits per heavy atom. The molecular weight excluding hydrogens is 324 g/mol. The third kappa shape index (κ3) is 8.28. The lowest BCUT2D eigenvalue weighted by Crippen LogP contribution is -2.18. The molecule has 0 aliphatic carbocycles. The average molecular weight is 348 g/mol. The molecule has 0 aromatic heterocycles. The molecule has 0 saturated heterocycles. The minimum absolute atomic E-state index is 0.0863. The maximum absolute atomic E-state index is 11.3. The lowest BCUT2D eigenvalue weighted by atomic mass is 10.2. The van der Waals surface area contributed by atoms with Crippen molar-refractivity contribution in [1.29, 1.82) is 0 Å². The second-order valence-corrected chi connectivity index (χ2v) is 5.32. The van der Waals surface area contributed by atoms with E-state index in [0.717, 1.165) is 5.56 Å². The van der Waals surface area contributed by atoms with Crippen molar-refractivity contribution in [2.75, 3.05) is 26.4 Å². The Labute approximate surface area is 148 Å². The zero-order chi connectivity index (χ0) is 18.7. The Kier molecular flexibility index (Phi) is 9.21. The molecule has 25 heavy (non-hydrogen) atoms. The summed E-state index contributed by atoms with van der Waals surface area (Å²) in [6, 6.07) is 9.30. The molecule has 0 saturated carbocycles. The van der Waals surface area contributed by atoms with Crippen LogP contribution in [0.25, 0.3) is 0 Å². The van der Waals surface area contributed by atoms with Crippen LogP contribution in [0.1, 0.15) is 25.7 Å². The van der Waals surface area contributed by atoms with E-state index in [9.17, 15) is 9.59 Å². The van der Waals surface area contributed by atoms with Crippen LogP contribution in [0.15, 0.2) is 54.6 Å². The molecule has 0 aliphatic rings. The quantitative estimate of drug-likeness (QED) is 0.265. The molecule has 6 heteroatoms. The first kappa shape index (κ1) is 20.6. The lowest BCUT2D eigenvalue weighted by molar-refractivity contribution is -0.170. The van der Waals surface area contributed by atoms with E-state index in [1.165, 1.54) is 0 Å². The van der Waals surface area contributed by atoms with E-state index >= 15 is 0 Å². The second kappa shape index (κ2) is 11.2. The monoisotopic (exact) mass is 348 g/mol. The standard InChI is InChI=1S/C19H24O6/c1-14(2)17(20)22-10-12-24-19(16-8-6-5-7-9-16)25-13-11-23-18(21)15(3)4/h5-9,19H,1,3,10-13H2,2,4H3. The molecule has 0 heterocycles. The van der Waals surface area contributed by atoms with Gasteiger partial charge < -0.3 is 18.9 Å². The summed E-state index contributed by atoms with van der Waals surface area (Å²) in [5.41, 5.74) is 1.46. The SMILES string of the molecule is C=C(C)C(=O)OCCOC(OCCOC(=O)C(=C)C)c1ccccc1. The summed E-state index contributed by atoms with van der Waals surface area (Å²) in [7, 11) is 0. The van der Waals surface area contributed by atoms with E-state index in [1.54, 1.807) is 13.8 Å². The van der Waals surface area contributed by atoms with Gasteiger partial charge >= 0.3 is 11.9 Å². The summed E-state index contributed by atoms with van der Waals surface area (Å²) in [4.78, 5) is 22.6. The number of ether oxygens (including phenoxy) is 4. The zero-order valence-corrected chi connectivity index (χ0v) is 14.7. The molecule has 0 radical (unpaired) electrons. The van der Waals surface area contributed by atoms with Gasteiger partial charge in [0.1, 0.15) is 13.2 Å². The van der Waals surface area contributed by atoms with E-state index in [4.69, 9.17) is 18.9 Å². The predicted octanol–water partition coefficient (Wildman–Crippen LogP) is 2.96. The largest absolute Gasteiger partial charge is 0.460 e. The topological polar surface area (TPSA) is 71.1 Å². The first-order chi connectivity index (χ1) is 11.9. The minimum Gasteiger partial charge on any atom is -0.460 e. The fourth-order valence-electron chi connectivity index (χ4n) is 1.68. The van der Waals surface area contributed by atoms with Crippen LogP contribution in [0.2, 0.25) is 0 Å². The first-order valence-corrected chi connectivity index (χ1v) is 7.85. The summed E-state index contributed by atoms with van der Waals surface area (Å²) in [6.07, 6.45) is -0.659. The summed E-state index contributed by atoms with van der Waals surface area (Å²) < 4.78 is 21.2. The smallest absolute Gasteiger partial charge is 0.333 e. The van der Waals surface area contributed by atoms with Gasteiger partial charge in [-0.2, -0.15) is 0 Å². The molecule has 0 atom stereocenters. The van der Waals surface area contributed by atoms with E-state index in [-0.39, 0.29) is 26.4 Å². The highest BCUT2D eigenvalue weighted by atomic mass is 16.7. The highest BCUT2D eigenvalue weighted by Crippen LogP contribution is 2.18. The molecule has 6 nitrogen and oxygen atoms in total. The van der Waals surface area contributed by atoms with Gasteiger partial charge in [0.15, 0.2) is 6.29 Å². The van der Waals surface area contributed by atoms with Crippen molar-refractivity contribution in [3.05, 3.63) is 60.2 Å². The van der Waals surface area contributed by atoms with Gasteiger partial charge in [-0.15, -0.1) is 0 Å². The average Bonchev–Trinajstić information content (AvgIpc) is 2.60. The van der Waals surface area contributed by atoms with Crippen LogP contribution < -0.4 is 0 Å². The van der Waals surface area contributed by atoms with Gasteiger partial charge in [0, 0.05) is 16.7 Å². The fourth-order valence-corrected chi connectivity index (χ4v) is 1.68. The van der Waals surface area contributed by atoms with Crippen LogP contribution in [0, 0.1) is 0 Å². The maximum atomic E-state index is 11.3. The molecule has 136 valence electrons. The van der Waals surface area contributed by atoms with Crippen LogP contribution in [-0.4, -0.2) is 38.4 Å². The highest BCUT2D eigenvalue weighted by Gasteiger charge is 2.13. The normalized spacial score (nSPS) is 10.4. The van der Waals surface area contributed by atoms with Crippen molar-refractivity contribution in [3.63, 3.8) is 0 Å². The van der Waals surface area contributed by atoms with Gasteiger partial charge in [0.25, 0.3) is 0 Å². The van der Waals surface area contributed by atoms with E-state index < -0.39 is 18.2 Å². The van der Waals surface area contributed by atoms with Crippen molar-refractivity contribution in [1.82, 2.24) is 0 Å². The van der Waals surface area contributed by atoms with Crippen LogP contribution in [0.4, 0.5) is 0 Å². The summed E-state index contributed by atoms with van der Waals surface area (Å²) in [5.74, 6) is -0.931. The highest BCUT2D eigenvalue weighted by molar-refractivity contribution is 5.87. The summed E-state index contributed by atoms with van der Waals surface area (Å²) in [5, 5.41) is 0. The zero-order valence-electron chi connectivity index (χ0n) is 14.7. The number of benzene rings is 1. The van der Waals surface area contributed by atoms with E-state index in [0.29, 0.717) is 11.1 Å². The molecule has 0 bridgehead atoms. The second-order valence-electron chi connectivity index (χ2n) is 5.32. The number of hydrogen-bond donors (Lipinski definition) is 0. The minimum atomic E-state index is -0.659. The Balaban J connectivity index is 2.45. The molecule has 0 amide bonds. The number of rotatable bonds is 11. The Bertz CT molecular complexity index is 559. The van der Waals surface area contributed by atoms with Crippen molar-refractivity contribution in [2.45, 2.75) is 20.1 Å². The molecule has 1 aromatic carbocycles. The predicted molar refractivity (Wildman–Crippen MR) is 92.6 cm³/mol. The van der Waals surface area contributed by atoms with Crippen LogP contribution in [-0.2, 0) is 28.5 Å². The number of carbonyl (C=O) groups excluding carboxylic acids is 2. The molecule has 0 unspecified atom stereocenters. The van der Waals surface area contributed by atoms with Crippen LogP contribution >= 0.6 is 0 Å². The first-order valence-electron chi connectivity index (χ1n) is 7.85. The third-order valence-corrected chi connectivity index (χ3v) is 2.94. The Morgan fingerprint density at radius 2 is 1.28 bits per heavy atom. The van der Waals surface area contributed by atoms with Gasteiger partial charge in [0.05, 0.1) is 13.2 Å². The van der Waals surface area contributed by atoms with Gasteiger partial charge in [-0.25, -0.2) is 9.59 Å². The van der Waals surface area contributed by atoms with E-state index in [2.05, 4.69) is 13.2 Å². The Morgan fingerprint density at radius 3 is 1.68 bits per heavy atom.